The minimum Gasteiger partial charge on any atom is -0.476 e. The van der Waals surface area contributed by atoms with Crippen LogP contribution in [0.2, 0.25) is 0 Å². The Bertz CT molecular complexity index is 220. The maximum Gasteiger partial charge on any atom is 0.184 e. The largest absolute Gasteiger partial charge is 0.476 e. The van der Waals surface area contributed by atoms with Crippen molar-refractivity contribution in [1.82, 2.24) is 5.32 Å². The molecule has 0 aliphatic carbocycles. The first-order valence-electron chi connectivity index (χ1n) is 5.33. The van der Waals surface area contributed by atoms with E-state index >= 15 is 0 Å². The quantitative estimate of drug-likeness (QED) is 0.336. The maximum absolute atomic E-state index is 5.65. The predicted molar refractivity (Wildman–Crippen MR) is 63.9 cm³/mol. The molecular weight excluding hydrogens is 190 g/mol. The fraction of sp³-hybridized carbons (Fsp3) is 0.636. The summed E-state index contributed by atoms with van der Waals surface area (Å²) in [6.45, 7) is 7.80. The van der Waals surface area contributed by atoms with Crippen LogP contribution in [-0.4, -0.2) is 19.2 Å². The monoisotopic (exact) mass is 213 g/mol. The third-order valence-electron chi connectivity index (χ3n) is 1.83. The van der Waals surface area contributed by atoms with Crippen LogP contribution >= 0.6 is 0 Å². The Kier molecular flexibility index (Phi) is 7.54. The molecule has 1 atom stereocenters. The summed E-state index contributed by atoms with van der Waals surface area (Å²) < 4.78 is 5.45. The SMILES string of the molecule is CCNCCC(C)O/C(N)=C/C=C(/C)N. The highest BCUT2D eigenvalue weighted by Crippen LogP contribution is 2.01. The number of ether oxygens (including phenoxy) is 1. The number of rotatable bonds is 7. The van der Waals surface area contributed by atoms with Gasteiger partial charge in [0.25, 0.3) is 0 Å². The van der Waals surface area contributed by atoms with Gasteiger partial charge in [-0.3, -0.25) is 0 Å². The van der Waals surface area contributed by atoms with E-state index in [0.29, 0.717) is 11.6 Å². The Morgan fingerprint density at radius 1 is 1.40 bits per heavy atom. The zero-order chi connectivity index (χ0) is 11.7. The molecular formula is C11H23N3O. The summed E-state index contributed by atoms with van der Waals surface area (Å²) in [7, 11) is 0. The van der Waals surface area contributed by atoms with Gasteiger partial charge in [-0.05, 0) is 45.5 Å². The molecule has 88 valence electrons. The van der Waals surface area contributed by atoms with E-state index in [-0.39, 0.29) is 6.10 Å². The average Bonchev–Trinajstić information content (AvgIpc) is 2.15. The molecule has 1 unspecified atom stereocenters. The van der Waals surface area contributed by atoms with E-state index < -0.39 is 0 Å². The molecule has 0 bridgehead atoms. The van der Waals surface area contributed by atoms with Crippen molar-refractivity contribution in [2.45, 2.75) is 33.3 Å². The van der Waals surface area contributed by atoms with E-state index in [9.17, 15) is 0 Å². The molecule has 0 saturated heterocycles. The van der Waals surface area contributed by atoms with Crippen LogP contribution < -0.4 is 16.8 Å². The molecule has 0 radical (unpaired) electrons. The maximum atomic E-state index is 5.65. The van der Waals surface area contributed by atoms with E-state index in [1.54, 1.807) is 19.1 Å². The average molecular weight is 213 g/mol. The highest BCUT2D eigenvalue weighted by atomic mass is 16.5. The van der Waals surface area contributed by atoms with Crippen LogP contribution in [0, 0.1) is 0 Å². The number of nitrogens with two attached hydrogens (primary N) is 2. The molecule has 5 N–H and O–H groups in total. The van der Waals surface area contributed by atoms with Gasteiger partial charge in [0, 0.05) is 5.70 Å². The second kappa shape index (κ2) is 8.17. The van der Waals surface area contributed by atoms with Gasteiger partial charge in [0.1, 0.15) is 0 Å². The fourth-order valence-electron chi connectivity index (χ4n) is 1.03. The van der Waals surface area contributed by atoms with Crippen molar-refractivity contribution in [3.8, 4) is 0 Å². The molecule has 0 fully saturated rings. The standard InChI is InChI=1S/C11H23N3O/c1-4-14-8-7-10(3)15-11(13)6-5-9(2)12/h5-6,10,14H,4,7-8,12-13H2,1-3H3/b9-5-,11-6+. The molecule has 0 rings (SSSR count). The lowest BCUT2D eigenvalue weighted by molar-refractivity contribution is 0.122. The van der Waals surface area contributed by atoms with Crippen LogP contribution in [0.5, 0.6) is 0 Å². The van der Waals surface area contributed by atoms with Gasteiger partial charge in [-0.1, -0.05) is 6.92 Å². The van der Waals surface area contributed by atoms with Crippen molar-refractivity contribution < 1.29 is 4.74 Å². The molecule has 0 aromatic carbocycles. The van der Waals surface area contributed by atoms with Gasteiger partial charge in [0.2, 0.25) is 0 Å². The van der Waals surface area contributed by atoms with Gasteiger partial charge >= 0.3 is 0 Å². The van der Waals surface area contributed by atoms with Crippen LogP contribution in [0.3, 0.4) is 0 Å². The molecule has 0 heterocycles. The van der Waals surface area contributed by atoms with Crippen molar-refractivity contribution in [2.75, 3.05) is 13.1 Å². The summed E-state index contributed by atoms with van der Waals surface area (Å²) in [6.07, 6.45) is 4.46. The molecule has 0 aliphatic rings. The van der Waals surface area contributed by atoms with Crippen LogP contribution in [0.4, 0.5) is 0 Å². The van der Waals surface area contributed by atoms with E-state index in [1.165, 1.54) is 0 Å². The summed E-state index contributed by atoms with van der Waals surface area (Å²) in [5.41, 5.74) is 11.8. The van der Waals surface area contributed by atoms with Gasteiger partial charge in [0.15, 0.2) is 5.88 Å². The van der Waals surface area contributed by atoms with Gasteiger partial charge in [0.05, 0.1) is 6.10 Å². The van der Waals surface area contributed by atoms with Crippen LogP contribution in [-0.2, 0) is 4.74 Å². The van der Waals surface area contributed by atoms with E-state index in [0.717, 1.165) is 19.5 Å². The predicted octanol–water partition coefficient (Wildman–Crippen LogP) is 1.05. The van der Waals surface area contributed by atoms with Crippen molar-refractivity contribution in [2.24, 2.45) is 11.5 Å². The molecule has 0 saturated carbocycles. The van der Waals surface area contributed by atoms with Gasteiger partial charge in [-0.25, -0.2) is 0 Å². The van der Waals surface area contributed by atoms with Crippen molar-refractivity contribution in [3.05, 3.63) is 23.7 Å². The third kappa shape index (κ3) is 9.15. The second-order valence-corrected chi connectivity index (χ2v) is 3.55. The molecule has 15 heavy (non-hydrogen) atoms. The summed E-state index contributed by atoms with van der Waals surface area (Å²) >= 11 is 0. The summed E-state index contributed by atoms with van der Waals surface area (Å²) in [6, 6.07) is 0. The Balaban J connectivity index is 3.80. The molecule has 0 amide bonds. The third-order valence-corrected chi connectivity index (χ3v) is 1.83. The van der Waals surface area contributed by atoms with E-state index in [1.807, 2.05) is 6.92 Å². The Hall–Kier alpha value is -1.16. The molecule has 0 aliphatic heterocycles. The first kappa shape index (κ1) is 13.8. The Morgan fingerprint density at radius 2 is 2.07 bits per heavy atom. The topological polar surface area (TPSA) is 73.3 Å². The van der Waals surface area contributed by atoms with Crippen LogP contribution in [0.25, 0.3) is 0 Å². The minimum absolute atomic E-state index is 0.117. The first-order valence-corrected chi connectivity index (χ1v) is 5.33. The Labute approximate surface area is 92.4 Å². The lowest BCUT2D eigenvalue weighted by Crippen LogP contribution is -2.21. The summed E-state index contributed by atoms with van der Waals surface area (Å²) in [5, 5.41) is 3.23. The van der Waals surface area contributed by atoms with Crippen LogP contribution in [0.15, 0.2) is 23.7 Å². The van der Waals surface area contributed by atoms with Crippen molar-refractivity contribution in [1.29, 1.82) is 0 Å². The smallest absolute Gasteiger partial charge is 0.184 e. The number of hydrogen-bond donors (Lipinski definition) is 3. The van der Waals surface area contributed by atoms with Gasteiger partial charge < -0.3 is 21.5 Å². The molecule has 0 spiro atoms. The lowest BCUT2D eigenvalue weighted by Gasteiger charge is -2.14. The van der Waals surface area contributed by atoms with E-state index in [4.69, 9.17) is 16.2 Å². The first-order chi connectivity index (χ1) is 7.06. The number of allylic oxidation sites excluding steroid dienone is 3. The number of hydrogen-bond acceptors (Lipinski definition) is 4. The summed E-state index contributed by atoms with van der Waals surface area (Å²) in [5.74, 6) is 0.406. The Morgan fingerprint density at radius 3 is 2.60 bits per heavy atom. The van der Waals surface area contributed by atoms with E-state index in [2.05, 4.69) is 12.2 Å². The highest BCUT2D eigenvalue weighted by molar-refractivity contribution is 5.09. The molecule has 4 nitrogen and oxygen atoms in total. The zero-order valence-corrected chi connectivity index (χ0v) is 9.92. The molecule has 0 aromatic rings. The fourth-order valence-corrected chi connectivity index (χ4v) is 1.03. The molecule has 0 aromatic heterocycles. The van der Waals surface area contributed by atoms with Crippen LogP contribution in [0.1, 0.15) is 27.2 Å². The zero-order valence-electron chi connectivity index (χ0n) is 9.92. The second-order valence-electron chi connectivity index (χ2n) is 3.55. The highest BCUT2D eigenvalue weighted by Gasteiger charge is 2.02. The summed E-state index contributed by atoms with van der Waals surface area (Å²) in [4.78, 5) is 0. The van der Waals surface area contributed by atoms with Gasteiger partial charge in [-0.2, -0.15) is 0 Å². The van der Waals surface area contributed by atoms with Gasteiger partial charge in [-0.15, -0.1) is 0 Å². The molecule has 4 heteroatoms. The minimum atomic E-state index is 0.117. The van der Waals surface area contributed by atoms with Crippen molar-refractivity contribution in [3.63, 3.8) is 0 Å². The number of nitrogens with one attached hydrogen (secondary N) is 1. The normalized spacial score (nSPS) is 15.1. The van der Waals surface area contributed by atoms with Crippen molar-refractivity contribution >= 4 is 0 Å². The lowest BCUT2D eigenvalue weighted by atomic mass is 10.3.